The van der Waals surface area contributed by atoms with Crippen molar-refractivity contribution < 1.29 is 4.79 Å². The van der Waals surface area contributed by atoms with Crippen LogP contribution in [0.15, 0.2) is 60.7 Å². The quantitative estimate of drug-likeness (QED) is 0.597. The fourth-order valence-electron chi connectivity index (χ4n) is 4.03. The van der Waals surface area contributed by atoms with Crippen molar-refractivity contribution in [3.8, 4) is 0 Å². The van der Waals surface area contributed by atoms with Gasteiger partial charge in [0.1, 0.15) is 5.00 Å². The van der Waals surface area contributed by atoms with Gasteiger partial charge < -0.3 is 5.32 Å². The number of nitrogens with zero attached hydrogens (tertiary/aromatic N) is 1. The summed E-state index contributed by atoms with van der Waals surface area (Å²) >= 11 is 1.69. The topological polar surface area (TPSA) is 32.3 Å². The molecule has 1 aliphatic heterocycles. The van der Waals surface area contributed by atoms with E-state index in [1.54, 1.807) is 11.3 Å². The van der Waals surface area contributed by atoms with E-state index in [1.165, 1.54) is 34.4 Å². The fraction of sp³-hybridized carbons (Fsp3) is 0.292. The number of nitrogens with one attached hydrogen (secondary N) is 1. The molecule has 1 aliphatic rings. The van der Waals surface area contributed by atoms with Crippen LogP contribution < -0.4 is 5.32 Å². The summed E-state index contributed by atoms with van der Waals surface area (Å²) in [6.45, 7) is 6.53. The van der Waals surface area contributed by atoms with Gasteiger partial charge in [-0.25, -0.2) is 0 Å². The SMILES string of the molecule is Cc1sc(NC(=O)c2ccccc2)c([C@@H](c2ccccc2)N2CCCC2)c1C. The van der Waals surface area contributed by atoms with Crippen molar-refractivity contribution >= 4 is 22.2 Å². The van der Waals surface area contributed by atoms with Crippen molar-refractivity contribution in [2.45, 2.75) is 32.7 Å². The lowest BCUT2D eigenvalue weighted by molar-refractivity contribution is 0.102. The second-order valence-electron chi connectivity index (χ2n) is 7.40. The lowest BCUT2D eigenvalue weighted by Gasteiger charge is -2.29. The third-order valence-electron chi connectivity index (χ3n) is 5.59. The lowest BCUT2D eigenvalue weighted by Crippen LogP contribution is -2.27. The number of thiophene rings is 1. The van der Waals surface area contributed by atoms with Crippen molar-refractivity contribution in [1.82, 2.24) is 4.90 Å². The number of hydrogen-bond donors (Lipinski definition) is 1. The van der Waals surface area contributed by atoms with Gasteiger partial charge in [0.15, 0.2) is 0 Å². The van der Waals surface area contributed by atoms with E-state index in [4.69, 9.17) is 0 Å². The van der Waals surface area contributed by atoms with Crippen LogP contribution in [0.4, 0.5) is 5.00 Å². The highest BCUT2D eigenvalue weighted by molar-refractivity contribution is 7.16. The average Bonchev–Trinajstić information content (AvgIpc) is 3.34. The van der Waals surface area contributed by atoms with E-state index >= 15 is 0 Å². The summed E-state index contributed by atoms with van der Waals surface area (Å²) in [4.78, 5) is 16.7. The Kier molecular flexibility index (Phi) is 5.60. The third-order valence-corrected chi connectivity index (χ3v) is 6.73. The maximum absolute atomic E-state index is 12.8. The number of rotatable bonds is 5. The summed E-state index contributed by atoms with van der Waals surface area (Å²) in [6, 6.07) is 20.3. The Bertz CT molecular complexity index is 943. The normalized spacial score (nSPS) is 15.5. The van der Waals surface area contributed by atoms with Crippen LogP contribution in [-0.4, -0.2) is 23.9 Å². The molecule has 1 fully saturated rings. The number of anilines is 1. The molecule has 3 aromatic rings. The van der Waals surface area contributed by atoms with Gasteiger partial charge in [-0.15, -0.1) is 11.3 Å². The van der Waals surface area contributed by atoms with E-state index in [0.717, 1.165) is 18.1 Å². The fourth-order valence-corrected chi connectivity index (χ4v) is 5.11. The van der Waals surface area contributed by atoms with Crippen LogP contribution in [0.1, 0.15) is 50.8 Å². The molecule has 1 N–H and O–H groups in total. The standard InChI is InChI=1S/C24H26N2OS/c1-17-18(2)28-24(25-23(27)20-13-7-4-8-14-20)21(17)22(26-15-9-10-16-26)19-11-5-3-6-12-19/h3-8,11-14,22H,9-10,15-16H2,1-2H3,(H,25,27)/t22-/m1/s1. The molecule has 144 valence electrons. The Morgan fingerprint density at radius 3 is 2.21 bits per heavy atom. The van der Waals surface area contributed by atoms with Crippen molar-refractivity contribution in [2.24, 2.45) is 0 Å². The van der Waals surface area contributed by atoms with Gasteiger partial charge in [-0.2, -0.15) is 0 Å². The molecule has 0 bridgehead atoms. The van der Waals surface area contributed by atoms with Crippen LogP contribution in [0, 0.1) is 13.8 Å². The van der Waals surface area contributed by atoms with Crippen LogP contribution in [0.2, 0.25) is 0 Å². The van der Waals surface area contributed by atoms with Crippen molar-refractivity contribution in [3.63, 3.8) is 0 Å². The van der Waals surface area contributed by atoms with Crippen LogP contribution in [0.25, 0.3) is 0 Å². The second-order valence-corrected chi connectivity index (χ2v) is 8.63. The zero-order chi connectivity index (χ0) is 19.5. The molecule has 0 radical (unpaired) electrons. The highest BCUT2D eigenvalue weighted by atomic mass is 32.1. The van der Waals surface area contributed by atoms with Gasteiger partial charge in [-0.05, 0) is 63.0 Å². The number of hydrogen-bond acceptors (Lipinski definition) is 3. The van der Waals surface area contributed by atoms with Crippen molar-refractivity contribution in [2.75, 3.05) is 18.4 Å². The molecule has 1 atom stereocenters. The molecule has 2 heterocycles. The molecule has 1 aromatic heterocycles. The molecule has 4 heteroatoms. The number of amides is 1. The number of aryl methyl sites for hydroxylation is 1. The first-order chi connectivity index (χ1) is 13.6. The monoisotopic (exact) mass is 390 g/mol. The Balaban J connectivity index is 1.75. The molecule has 3 nitrogen and oxygen atoms in total. The Labute approximate surface area is 171 Å². The third kappa shape index (κ3) is 3.75. The highest BCUT2D eigenvalue weighted by Gasteiger charge is 2.30. The first kappa shape index (κ1) is 18.9. The van der Waals surface area contributed by atoms with Gasteiger partial charge in [0.05, 0.1) is 6.04 Å². The minimum Gasteiger partial charge on any atom is -0.313 e. The van der Waals surface area contributed by atoms with Crippen LogP contribution in [0.5, 0.6) is 0 Å². The van der Waals surface area contributed by atoms with Crippen molar-refractivity contribution in [1.29, 1.82) is 0 Å². The smallest absolute Gasteiger partial charge is 0.256 e. The highest BCUT2D eigenvalue weighted by Crippen LogP contribution is 2.43. The van der Waals surface area contributed by atoms with E-state index in [0.29, 0.717) is 5.56 Å². The first-order valence-electron chi connectivity index (χ1n) is 9.90. The van der Waals surface area contributed by atoms with Gasteiger partial charge >= 0.3 is 0 Å². The molecule has 1 saturated heterocycles. The van der Waals surface area contributed by atoms with Gasteiger partial charge in [0.25, 0.3) is 5.91 Å². The lowest BCUT2D eigenvalue weighted by atomic mass is 9.95. The molecular weight excluding hydrogens is 364 g/mol. The van der Waals surface area contributed by atoms with E-state index in [9.17, 15) is 4.79 Å². The summed E-state index contributed by atoms with van der Waals surface area (Å²) in [7, 11) is 0. The molecule has 0 unspecified atom stereocenters. The maximum Gasteiger partial charge on any atom is 0.256 e. The van der Waals surface area contributed by atoms with E-state index < -0.39 is 0 Å². The summed E-state index contributed by atoms with van der Waals surface area (Å²) in [5, 5.41) is 4.19. The predicted molar refractivity (Wildman–Crippen MR) is 117 cm³/mol. The Morgan fingerprint density at radius 1 is 0.964 bits per heavy atom. The average molecular weight is 391 g/mol. The molecule has 4 rings (SSSR count). The molecule has 2 aromatic carbocycles. The van der Waals surface area contributed by atoms with Crippen molar-refractivity contribution in [3.05, 3.63) is 87.8 Å². The van der Waals surface area contributed by atoms with Crippen LogP contribution in [-0.2, 0) is 0 Å². The van der Waals surface area contributed by atoms with E-state index in [2.05, 4.69) is 54.4 Å². The number of benzene rings is 2. The minimum absolute atomic E-state index is 0.0451. The minimum atomic E-state index is -0.0451. The Morgan fingerprint density at radius 2 is 1.57 bits per heavy atom. The summed E-state index contributed by atoms with van der Waals surface area (Å²) in [5.74, 6) is -0.0451. The van der Waals surface area contributed by atoms with Gasteiger partial charge in [0.2, 0.25) is 0 Å². The molecular formula is C24H26N2OS. The van der Waals surface area contributed by atoms with Gasteiger partial charge in [0, 0.05) is 16.0 Å². The molecule has 0 saturated carbocycles. The number of likely N-dealkylation sites (tertiary alicyclic amines) is 1. The summed E-state index contributed by atoms with van der Waals surface area (Å²) in [5.41, 5.74) is 4.52. The summed E-state index contributed by atoms with van der Waals surface area (Å²) < 4.78 is 0. The largest absolute Gasteiger partial charge is 0.313 e. The predicted octanol–water partition coefficient (Wildman–Crippen LogP) is 5.80. The molecule has 0 aliphatic carbocycles. The molecule has 0 spiro atoms. The molecule has 1 amide bonds. The first-order valence-corrected chi connectivity index (χ1v) is 10.7. The maximum atomic E-state index is 12.8. The van der Waals surface area contributed by atoms with E-state index in [-0.39, 0.29) is 11.9 Å². The van der Waals surface area contributed by atoms with Crippen LogP contribution in [0.3, 0.4) is 0 Å². The molecule has 28 heavy (non-hydrogen) atoms. The van der Waals surface area contributed by atoms with E-state index in [1.807, 2.05) is 30.3 Å². The summed E-state index contributed by atoms with van der Waals surface area (Å²) in [6.07, 6.45) is 2.47. The zero-order valence-corrected chi connectivity index (χ0v) is 17.3. The second kappa shape index (κ2) is 8.29. The number of carbonyl (C=O) groups is 1. The zero-order valence-electron chi connectivity index (χ0n) is 16.4. The Hall–Kier alpha value is -2.43. The van der Waals surface area contributed by atoms with Gasteiger partial charge in [-0.3, -0.25) is 9.69 Å². The van der Waals surface area contributed by atoms with Crippen LogP contribution >= 0.6 is 11.3 Å². The number of carbonyl (C=O) groups excluding carboxylic acids is 1. The van der Waals surface area contributed by atoms with Gasteiger partial charge in [-0.1, -0.05) is 48.5 Å².